The minimum atomic E-state index is -1.16. The number of nitrogens with one attached hydrogen (secondary N) is 1. The number of benzene rings is 2. The number of likely N-dealkylation sites (tertiary alicyclic amines) is 1. The second-order valence-corrected chi connectivity index (χ2v) is 9.51. The maximum atomic E-state index is 12.0. The molecule has 0 spiro atoms. The van der Waals surface area contributed by atoms with Crippen molar-refractivity contribution < 1.29 is 14.6 Å². The fourth-order valence-corrected chi connectivity index (χ4v) is 4.72. The Morgan fingerprint density at radius 1 is 1.08 bits per heavy atom. The number of hydrogen-bond acceptors (Lipinski definition) is 6. The van der Waals surface area contributed by atoms with E-state index in [2.05, 4.69) is 20.2 Å². The van der Waals surface area contributed by atoms with Gasteiger partial charge in [-0.25, -0.2) is 9.78 Å². The maximum absolute atomic E-state index is 12.0. The molecule has 3 aromatic rings. The number of rotatable bonds is 10. The Morgan fingerprint density at radius 2 is 1.86 bits per heavy atom. The van der Waals surface area contributed by atoms with E-state index in [0.717, 1.165) is 29.3 Å². The van der Waals surface area contributed by atoms with Crippen LogP contribution in [0.4, 0.5) is 22.2 Å². The van der Waals surface area contributed by atoms with E-state index in [1.165, 1.54) is 44.6 Å². The third-order valence-corrected chi connectivity index (χ3v) is 6.27. The van der Waals surface area contributed by atoms with E-state index in [-0.39, 0.29) is 18.3 Å². The molecule has 1 aliphatic heterocycles. The molecule has 36 heavy (non-hydrogen) atoms. The van der Waals surface area contributed by atoms with Crippen LogP contribution in [-0.2, 0) is 6.54 Å². The van der Waals surface area contributed by atoms with Gasteiger partial charge in [-0.3, -0.25) is 4.90 Å². The van der Waals surface area contributed by atoms with E-state index >= 15 is 0 Å². The number of ether oxygens (including phenoxy) is 1. The molecule has 0 radical (unpaired) electrons. The molecule has 0 atom stereocenters. The van der Waals surface area contributed by atoms with Gasteiger partial charge in [0.05, 0.1) is 13.2 Å². The van der Waals surface area contributed by atoms with Gasteiger partial charge in [0.15, 0.2) is 0 Å². The van der Waals surface area contributed by atoms with Crippen molar-refractivity contribution in [3.05, 3.63) is 70.3 Å². The van der Waals surface area contributed by atoms with Crippen LogP contribution in [0.5, 0.6) is 5.75 Å². The van der Waals surface area contributed by atoms with Crippen LogP contribution in [0.15, 0.2) is 54.7 Å². The molecular weight excluding hydrogens is 501 g/mol. The van der Waals surface area contributed by atoms with Crippen LogP contribution < -0.4 is 15.0 Å². The van der Waals surface area contributed by atoms with Crippen LogP contribution in [0.3, 0.4) is 0 Å². The van der Waals surface area contributed by atoms with E-state index in [9.17, 15) is 9.90 Å². The molecule has 2 aromatic carbocycles. The first-order valence-electron chi connectivity index (χ1n) is 12.0. The number of nitrogens with zero attached hydrogens (tertiary/aromatic N) is 4. The molecule has 0 bridgehead atoms. The summed E-state index contributed by atoms with van der Waals surface area (Å²) < 4.78 is 5.94. The molecule has 1 fully saturated rings. The third kappa shape index (κ3) is 7.71. The monoisotopic (exact) mass is 529 g/mol. The van der Waals surface area contributed by atoms with Gasteiger partial charge >= 0.3 is 6.09 Å². The Kier molecular flexibility index (Phi) is 9.22. The van der Waals surface area contributed by atoms with Crippen molar-refractivity contribution in [2.45, 2.75) is 32.2 Å². The minimum absolute atomic E-state index is 0.0345. The van der Waals surface area contributed by atoms with E-state index in [1.54, 1.807) is 18.2 Å². The highest BCUT2D eigenvalue weighted by molar-refractivity contribution is 6.34. The fourth-order valence-electron chi connectivity index (χ4n) is 4.15. The molecule has 1 aliphatic rings. The van der Waals surface area contributed by atoms with Crippen molar-refractivity contribution >= 4 is 46.7 Å². The standard InChI is InChI=1S/C26H29Cl2N5O3/c27-20-14-19(15-21(28)16-20)18-33(26(34)35)24-8-9-29-25(31-24)30-22-6-4-7-23(17-22)36-13-5-12-32-10-2-1-3-11-32/h4,6-9,14-17H,1-3,5,10-13,18H2,(H,34,35)(H,29,30,31). The molecule has 1 saturated heterocycles. The summed E-state index contributed by atoms with van der Waals surface area (Å²) in [5.41, 5.74) is 1.39. The smallest absolute Gasteiger partial charge is 0.413 e. The second kappa shape index (κ2) is 12.8. The fraction of sp³-hybridized carbons (Fsp3) is 0.346. The quantitative estimate of drug-likeness (QED) is 0.291. The summed E-state index contributed by atoms with van der Waals surface area (Å²) in [5.74, 6) is 1.24. The van der Waals surface area contributed by atoms with Crippen LogP contribution in [0.25, 0.3) is 0 Å². The number of piperidine rings is 1. The molecule has 4 rings (SSSR count). The summed E-state index contributed by atoms with van der Waals surface area (Å²) in [6.45, 7) is 4.11. The van der Waals surface area contributed by atoms with Crippen LogP contribution in [0.2, 0.25) is 10.0 Å². The summed E-state index contributed by atoms with van der Waals surface area (Å²) in [6.07, 6.45) is 5.24. The minimum Gasteiger partial charge on any atom is -0.493 e. The van der Waals surface area contributed by atoms with Gasteiger partial charge in [-0.2, -0.15) is 4.98 Å². The van der Waals surface area contributed by atoms with Gasteiger partial charge in [0.2, 0.25) is 5.95 Å². The Morgan fingerprint density at radius 3 is 2.61 bits per heavy atom. The zero-order valence-corrected chi connectivity index (χ0v) is 21.4. The van der Waals surface area contributed by atoms with E-state index in [0.29, 0.717) is 22.2 Å². The first kappa shape index (κ1) is 26.0. The number of aromatic nitrogens is 2. The van der Waals surface area contributed by atoms with E-state index in [4.69, 9.17) is 27.9 Å². The lowest BCUT2D eigenvalue weighted by atomic mass is 10.1. The lowest BCUT2D eigenvalue weighted by Crippen LogP contribution is -2.31. The van der Waals surface area contributed by atoms with Gasteiger partial charge in [-0.05, 0) is 74.3 Å². The van der Waals surface area contributed by atoms with Crippen molar-refractivity contribution in [1.82, 2.24) is 14.9 Å². The number of anilines is 3. The summed E-state index contributed by atoms with van der Waals surface area (Å²) in [7, 11) is 0. The van der Waals surface area contributed by atoms with Gasteiger partial charge < -0.3 is 20.1 Å². The second-order valence-electron chi connectivity index (χ2n) is 8.64. The van der Waals surface area contributed by atoms with Crippen molar-refractivity contribution in [2.24, 2.45) is 0 Å². The summed E-state index contributed by atoms with van der Waals surface area (Å²) in [6, 6.07) is 14.0. The van der Waals surface area contributed by atoms with Crippen molar-refractivity contribution in [3.8, 4) is 5.75 Å². The van der Waals surface area contributed by atoms with Crippen LogP contribution >= 0.6 is 23.2 Å². The Bertz CT molecular complexity index is 1150. The number of halogens is 2. The van der Waals surface area contributed by atoms with Crippen molar-refractivity contribution in [2.75, 3.05) is 36.5 Å². The molecule has 2 N–H and O–H groups in total. The highest BCUT2D eigenvalue weighted by Gasteiger charge is 2.18. The lowest BCUT2D eigenvalue weighted by Gasteiger charge is -2.26. The van der Waals surface area contributed by atoms with Crippen molar-refractivity contribution in [1.29, 1.82) is 0 Å². The topological polar surface area (TPSA) is 90.8 Å². The first-order chi connectivity index (χ1) is 17.5. The zero-order chi connectivity index (χ0) is 25.3. The highest BCUT2D eigenvalue weighted by Crippen LogP contribution is 2.24. The van der Waals surface area contributed by atoms with Crippen LogP contribution in [-0.4, -0.2) is 52.3 Å². The summed E-state index contributed by atoms with van der Waals surface area (Å²) in [4.78, 5) is 24.2. The predicted octanol–water partition coefficient (Wildman–Crippen LogP) is 6.47. The molecule has 10 heteroatoms. The number of carbonyl (C=O) groups is 1. The van der Waals surface area contributed by atoms with Gasteiger partial charge in [-0.15, -0.1) is 0 Å². The average Bonchev–Trinajstić information content (AvgIpc) is 2.85. The number of carboxylic acid groups (broad SMARTS) is 1. The van der Waals surface area contributed by atoms with Crippen LogP contribution in [0.1, 0.15) is 31.2 Å². The molecule has 1 aromatic heterocycles. The average molecular weight is 530 g/mol. The highest BCUT2D eigenvalue weighted by atomic mass is 35.5. The zero-order valence-electron chi connectivity index (χ0n) is 19.9. The Labute approximate surface area is 220 Å². The summed E-state index contributed by atoms with van der Waals surface area (Å²) >= 11 is 12.1. The first-order valence-corrected chi connectivity index (χ1v) is 12.7. The molecular formula is C26H29Cl2N5O3. The van der Waals surface area contributed by atoms with Crippen molar-refractivity contribution in [3.63, 3.8) is 0 Å². The SMILES string of the molecule is O=C(O)N(Cc1cc(Cl)cc(Cl)c1)c1ccnc(Nc2cccc(OCCCN3CCCCC3)c2)n1. The molecule has 8 nitrogen and oxygen atoms in total. The Hall–Kier alpha value is -3.07. The number of hydrogen-bond donors (Lipinski definition) is 2. The van der Waals surface area contributed by atoms with E-state index in [1.807, 2.05) is 24.3 Å². The maximum Gasteiger partial charge on any atom is 0.413 e. The summed E-state index contributed by atoms with van der Waals surface area (Å²) in [5, 5.41) is 13.8. The lowest BCUT2D eigenvalue weighted by molar-refractivity contribution is 0.201. The third-order valence-electron chi connectivity index (χ3n) is 5.84. The predicted molar refractivity (Wildman–Crippen MR) is 143 cm³/mol. The van der Waals surface area contributed by atoms with Gasteiger partial charge in [-0.1, -0.05) is 35.7 Å². The molecule has 190 valence electrons. The molecule has 0 aliphatic carbocycles. The molecule has 2 heterocycles. The van der Waals surface area contributed by atoms with Crippen LogP contribution in [0, 0.1) is 0 Å². The van der Waals surface area contributed by atoms with Gasteiger partial charge in [0.1, 0.15) is 11.6 Å². The molecule has 0 saturated carbocycles. The largest absolute Gasteiger partial charge is 0.493 e. The molecule has 0 unspecified atom stereocenters. The number of amides is 1. The van der Waals surface area contributed by atoms with E-state index < -0.39 is 6.09 Å². The normalized spacial score (nSPS) is 13.8. The Balaban J connectivity index is 1.37. The van der Waals surface area contributed by atoms with Gasteiger partial charge in [0.25, 0.3) is 0 Å². The molecule has 1 amide bonds. The van der Waals surface area contributed by atoms with Gasteiger partial charge in [0, 0.05) is 34.5 Å².